The average Bonchev–Trinajstić information content (AvgIpc) is 2.37. The van der Waals surface area contributed by atoms with Gasteiger partial charge in [0.2, 0.25) is 5.91 Å². The number of benzene rings is 1. The molecular weight excluding hydrogens is 232 g/mol. The first kappa shape index (κ1) is 13.9. The van der Waals surface area contributed by atoms with E-state index in [-0.39, 0.29) is 12.5 Å². The third-order valence-electron chi connectivity index (χ3n) is 2.14. The van der Waals surface area contributed by atoms with E-state index in [1.54, 1.807) is 0 Å². The van der Waals surface area contributed by atoms with Gasteiger partial charge in [-0.3, -0.25) is 4.79 Å². The Bertz CT molecular complexity index is 416. The Labute approximate surface area is 106 Å². The molecule has 0 aliphatic heterocycles. The van der Waals surface area contributed by atoms with Crippen LogP contribution in [0.3, 0.4) is 0 Å². The highest BCUT2D eigenvalue weighted by atomic mass is 16.4. The molecule has 5 heteroatoms. The van der Waals surface area contributed by atoms with E-state index >= 15 is 0 Å². The molecule has 0 aliphatic carbocycles. The smallest absolute Gasteiger partial charge is 0.328 e. The lowest BCUT2D eigenvalue weighted by molar-refractivity contribution is -0.131. The van der Waals surface area contributed by atoms with Gasteiger partial charge in [-0.05, 0) is 5.56 Å². The van der Waals surface area contributed by atoms with Crippen LogP contribution in [0.1, 0.15) is 5.56 Å². The third kappa shape index (κ3) is 6.44. The second-order valence-corrected chi connectivity index (χ2v) is 3.63. The molecule has 1 amide bonds. The van der Waals surface area contributed by atoms with Crippen LogP contribution < -0.4 is 10.6 Å². The number of hydrogen-bond donors (Lipinski definition) is 3. The summed E-state index contributed by atoms with van der Waals surface area (Å²) in [5, 5.41) is 13.9. The van der Waals surface area contributed by atoms with Gasteiger partial charge >= 0.3 is 5.97 Å². The maximum Gasteiger partial charge on any atom is 0.328 e. The van der Waals surface area contributed by atoms with Gasteiger partial charge < -0.3 is 15.7 Å². The summed E-state index contributed by atoms with van der Waals surface area (Å²) in [4.78, 5) is 21.6. The number of rotatable bonds is 7. The number of carbonyl (C=O) groups is 2. The number of carboxylic acids is 1. The van der Waals surface area contributed by atoms with Crippen LogP contribution in [0.5, 0.6) is 0 Å². The quantitative estimate of drug-likeness (QED) is 0.486. The minimum atomic E-state index is -0.995. The van der Waals surface area contributed by atoms with Crippen molar-refractivity contribution in [1.82, 2.24) is 10.6 Å². The van der Waals surface area contributed by atoms with E-state index in [0.717, 1.165) is 11.6 Å². The minimum Gasteiger partial charge on any atom is -0.478 e. The van der Waals surface area contributed by atoms with Crippen LogP contribution in [0.4, 0.5) is 0 Å². The largest absolute Gasteiger partial charge is 0.478 e. The highest BCUT2D eigenvalue weighted by molar-refractivity contribution is 5.80. The van der Waals surface area contributed by atoms with Gasteiger partial charge in [-0.1, -0.05) is 36.4 Å². The Morgan fingerprint density at radius 2 is 1.94 bits per heavy atom. The van der Waals surface area contributed by atoms with Gasteiger partial charge in [0.15, 0.2) is 0 Å². The zero-order chi connectivity index (χ0) is 13.2. The maximum atomic E-state index is 11.4. The molecule has 0 fully saturated rings. The van der Waals surface area contributed by atoms with Crippen LogP contribution in [0.25, 0.3) is 0 Å². The molecule has 5 nitrogen and oxygen atoms in total. The first-order chi connectivity index (χ1) is 8.68. The highest BCUT2D eigenvalue weighted by Crippen LogP contribution is 1.96. The highest BCUT2D eigenvalue weighted by Gasteiger charge is 1.99. The Morgan fingerprint density at radius 3 is 2.61 bits per heavy atom. The topological polar surface area (TPSA) is 78.4 Å². The van der Waals surface area contributed by atoms with E-state index in [2.05, 4.69) is 10.6 Å². The summed E-state index contributed by atoms with van der Waals surface area (Å²) >= 11 is 0. The van der Waals surface area contributed by atoms with Crippen LogP contribution in [0.15, 0.2) is 42.5 Å². The van der Waals surface area contributed by atoms with Crippen molar-refractivity contribution in [3.05, 3.63) is 48.0 Å². The summed E-state index contributed by atoms with van der Waals surface area (Å²) < 4.78 is 0. The van der Waals surface area contributed by atoms with Crippen molar-refractivity contribution in [3.8, 4) is 0 Å². The SMILES string of the molecule is O=C(O)/C=C/CNCC(=O)NCc1ccccc1. The molecule has 0 saturated heterocycles. The zero-order valence-electron chi connectivity index (χ0n) is 9.93. The molecule has 0 bridgehead atoms. The number of carbonyl (C=O) groups excluding carboxylic acids is 1. The van der Waals surface area contributed by atoms with Crippen molar-refractivity contribution in [2.45, 2.75) is 6.54 Å². The van der Waals surface area contributed by atoms with Gasteiger partial charge in [0.1, 0.15) is 0 Å². The fourth-order valence-electron chi connectivity index (χ4n) is 1.29. The Morgan fingerprint density at radius 1 is 1.22 bits per heavy atom. The third-order valence-corrected chi connectivity index (χ3v) is 2.14. The van der Waals surface area contributed by atoms with E-state index in [0.29, 0.717) is 13.1 Å². The Hall–Kier alpha value is -2.14. The van der Waals surface area contributed by atoms with Crippen LogP contribution >= 0.6 is 0 Å². The van der Waals surface area contributed by atoms with Crippen molar-refractivity contribution < 1.29 is 14.7 Å². The Kier molecular flexibility index (Phi) is 6.21. The number of hydrogen-bond acceptors (Lipinski definition) is 3. The minimum absolute atomic E-state index is 0.123. The summed E-state index contributed by atoms with van der Waals surface area (Å²) in [7, 11) is 0. The van der Waals surface area contributed by atoms with E-state index in [4.69, 9.17) is 5.11 Å². The van der Waals surface area contributed by atoms with Crippen LogP contribution in [-0.2, 0) is 16.1 Å². The van der Waals surface area contributed by atoms with Crippen molar-refractivity contribution in [2.75, 3.05) is 13.1 Å². The molecule has 0 heterocycles. The van der Waals surface area contributed by atoms with Crippen molar-refractivity contribution >= 4 is 11.9 Å². The monoisotopic (exact) mass is 248 g/mol. The van der Waals surface area contributed by atoms with Gasteiger partial charge in [0.05, 0.1) is 6.54 Å². The van der Waals surface area contributed by atoms with Crippen LogP contribution in [-0.4, -0.2) is 30.1 Å². The molecule has 0 aliphatic rings. The summed E-state index contributed by atoms with van der Waals surface area (Å²) in [6.45, 7) is 1.01. The van der Waals surface area contributed by atoms with Gasteiger partial charge in [0, 0.05) is 19.2 Å². The lowest BCUT2D eigenvalue weighted by Crippen LogP contribution is -2.33. The van der Waals surface area contributed by atoms with Gasteiger partial charge in [-0.2, -0.15) is 0 Å². The summed E-state index contributed by atoms with van der Waals surface area (Å²) in [5.41, 5.74) is 1.04. The number of amides is 1. The molecule has 0 unspecified atom stereocenters. The predicted octanol–water partition coefficient (Wildman–Crippen LogP) is 0.533. The number of nitrogens with one attached hydrogen (secondary N) is 2. The van der Waals surface area contributed by atoms with Gasteiger partial charge in [-0.25, -0.2) is 4.79 Å². The lowest BCUT2D eigenvalue weighted by Gasteiger charge is -2.05. The average molecular weight is 248 g/mol. The van der Waals surface area contributed by atoms with E-state index in [9.17, 15) is 9.59 Å². The molecule has 0 radical (unpaired) electrons. The lowest BCUT2D eigenvalue weighted by atomic mass is 10.2. The van der Waals surface area contributed by atoms with Gasteiger partial charge in [0.25, 0.3) is 0 Å². The first-order valence-corrected chi connectivity index (χ1v) is 5.59. The molecule has 0 aromatic heterocycles. The molecule has 1 aromatic rings. The van der Waals surface area contributed by atoms with E-state index in [1.165, 1.54) is 6.08 Å². The van der Waals surface area contributed by atoms with Crippen molar-refractivity contribution in [3.63, 3.8) is 0 Å². The molecule has 0 spiro atoms. The normalized spacial score (nSPS) is 10.4. The van der Waals surface area contributed by atoms with Crippen LogP contribution in [0.2, 0.25) is 0 Å². The molecule has 0 atom stereocenters. The second kappa shape index (κ2) is 8.03. The molecule has 1 rings (SSSR count). The molecule has 3 N–H and O–H groups in total. The van der Waals surface area contributed by atoms with Crippen LogP contribution in [0, 0.1) is 0 Å². The van der Waals surface area contributed by atoms with Gasteiger partial charge in [-0.15, -0.1) is 0 Å². The molecule has 96 valence electrons. The number of aliphatic carboxylic acids is 1. The van der Waals surface area contributed by atoms with Crippen molar-refractivity contribution in [2.24, 2.45) is 0 Å². The summed E-state index contributed by atoms with van der Waals surface area (Å²) in [5.74, 6) is -1.12. The zero-order valence-corrected chi connectivity index (χ0v) is 9.93. The Balaban J connectivity index is 2.13. The first-order valence-electron chi connectivity index (χ1n) is 5.59. The fraction of sp³-hybridized carbons (Fsp3) is 0.231. The summed E-state index contributed by atoms with van der Waals surface area (Å²) in [6.07, 6.45) is 2.49. The molecule has 0 saturated carbocycles. The van der Waals surface area contributed by atoms with Crippen molar-refractivity contribution in [1.29, 1.82) is 0 Å². The molecule has 18 heavy (non-hydrogen) atoms. The predicted molar refractivity (Wildman–Crippen MR) is 67.9 cm³/mol. The van der Waals surface area contributed by atoms with E-state index < -0.39 is 5.97 Å². The number of carboxylic acid groups (broad SMARTS) is 1. The second-order valence-electron chi connectivity index (χ2n) is 3.63. The fourth-order valence-corrected chi connectivity index (χ4v) is 1.29. The summed E-state index contributed by atoms with van der Waals surface area (Å²) in [6, 6.07) is 9.61. The maximum absolute atomic E-state index is 11.4. The molecular formula is C13H16N2O3. The standard InChI is InChI=1S/C13H16N2O3/c16-12(10-14-8-4-7-13(17)18)15-9-11-5-2-1-3-6-11/h1-7,14H,8-10H2,(H,15,16)(H,17,18)/b7-4+. The van der Waals surface area contributed by atoms with E-state index in [1.807, 2.05) is 30.3 Å². The molecule has 1 aromatic carbocycles.